The van der Waals surface area contributed by atoms with Crippen LogP contribution in [-0.4, -0.2) is 81.3 Å². The van der Waals surface area contributed by atoms with Crippen LogP contribution in [0.2, 0.25) is 5.02 Å². The molecule has 0 aliphatic carbocycles. The summed E-state index contributed by atoms with van der Waals surface area (Å²) in [6.07, 6.45) is 0.794. The van der Waals surface area contributed by atoms with Gasteiger partial charge in [0.05, 0.1) is 17.6 Å². The van der Waals surface area contributed by atoms with Crippen LogP contribution in [0.5, 0.6) is 0 Å². The van der Waals surface area contributed by atoms with Crippen LogP contribution in [0.15, 0.2) is 72.3 Å². The Bertz CT molecular complexity index is 1580. The van der Waals surface area contributed by atoms with E-state index in [1.165, 1.54) is 0 Å². The van der Waals surface area contributed by atoms with Gasteiger partial charge in [0.25, 0.3) is 0 Å². The Morgan fingerprint density at radius 2 is 1.47 bits per heavy atom. The van der Waals surface area contributed by atoms with Crippen molar-refractivity contribution in [2.24, 2.45) is 0 Å². The fraction of sp³-hybridized carbons (Fsp3) is 0.344. The lowest BCUT2D eigenvalue weighted by atomic mass is 9.91. The minimum atomic E-state index is -3.76. The predicted octanol–water partition coefficient (Wildman–Crippen LogP) is 5.75. The number of amides is 1. The Morgan fingerprint density at radius 3 is 2.00 bits per heavy atom. The number of carbonyl (C=O) groups is 1. The number of halogens is 3. The largest absolute Gasteiger partial charge is 0.450 e. The summed E-state index contributed by atoms with van der Waals surface area (Å²) in [5, 5.41) is 0.609. The summed E-state index contributed by atoms with van der Waals surface area (Å²) in [5.74, 6) is -1.65. The van der Waals surface area contributed by atoms with Crippen molar-refractivity contribution in [1.29, 1.82) is 0 Å². The molecule has 0 spiro atoms. The molecule has 0 radical (unpaired) electrons. The molecule has 0 N–H and O–H groups in total. The standard InChI is InChI=1S/C32H34ClF2N3O4S/c1-3-42-32(39)37-14-12-36(13-15-37)19-22-4-6-23(7-5-22)30(24-8-10-27(33)11-9-24)38-20-26(21-38)31(43(2,40)41)25-16-28(34)18-29(35)17-25/h4-11,16-18,30H,3,12-15,19-21H2,1-2H3/t30-/m1/s1. The highest BCUT2D eigenvalue weighted by molar-refractivity contribution is 8.00. The van der Waals surface area contributed by atoms with Gasteiger partial charge in [-0.15, -0.1) is 0 Å². The van der Waals surface area contributed by atoms with Crippen molar-refractivity contribution in [2.45, 2.75) is 19.5 Å². The molecular weight excluding hydrogens is 596 g/mol. The lowest BCUT2D eigenvalue weighted by molar-refractivity contribution is 0.0778. The second-order valence-corrected chi connectivity index (χ2v) is 13.3. The van der Waals surface area contributed by atoms with Crippen LogP contribution >= 0.6 is 11.6 Å². The molecule has 2 fully saturated rings. The zero-order chi connectivity index (χ0) is 30.7. The normalized spacial score (nSPS) is 17.0. The molecule has 1 atom stereocenters. The molecule has 11 heteroatoms. The first kappa shape index (κ1) is 31.1. The Morgan fingerprint density at radius 1 is 0.907 bits per heavy atom. The molecule has 3 aromatic carbocycles. The molecule has 2 saturated heterocycles. The fourth-order valence-electron chi connectivity index (χ4n) is 5.76. The third-order valence-electron chi connectivity index (χ3n) is 7.76. The van der Waals surface area contributed by atoms with Gasteiger partial charge in [-0.05, 0) is 59.0 Å². The van der Waals surface area contributed by atoms with Crippen LogP contribution in [0, 0.1) is 11.6 Å². The molecule has 5 rings (SSSR count). The third kappa shape index (κ3) is 7.44. The van der Waals surface area contributed by atoms with Crippen LogP contribution in [0.4, 0.5) is 13.6 Å². The topological polar surface area (TPSA) is 70.2 Å². The van der Waals surface area contributed by atoms with Crippen LogP contribution in [0.3, 0.4) is 0 Å². The van der Waals surface area contributed by atoms with Gasteiger partial charge in [0.2, 0.25) is 0 Å². The summed E-state index contributed by atoms with van der Waals surface area (Å²) in [5.41, 5.74) is 3.77. The number of piperazine rings is 1. The molecule has 43 heavy (non-hydrogen) atoms. The van der Waals surface area contributed by atoms with Gasteiger partial charge in [-0.1, -0.05) is 48.0 Å². The maximum atomic E-state index is 14.0. The molecule has 0 saturated carbocycles. The first-order valence-electron chi connectivity index (χ1n) is 14.1. The van der Waals surface area contributed by atoms with Crippen molar-refractivity contribution in [3.8, 4) is 0 Å². The van der Waals surface area contributed by atoms with E-state index in [0.29, 0.717) is 43.4 Å². The van der Waals surface area contributed by atoms with E-state index in [1.54, 1.807) is 11.8 Å². The maximum absolute atomic E-state index is 14.0. The van der Waals surface area contributed by atoms with Gasteiger partial charge in [0.15, 0.2) is 9.84 Å². The van der Waals surface area contributed by atoms with Gasteiger partial charge in [-0.2, -0.15) is 0 Å². The van der Waals surface area contributed by atoms with Crippen molar-refractivity contribution in [3.05, 3.63) is 111 Å². The van der Waals surface area contributed by atoms with E-state index >= 15 is 0 Å². The summed E-state index contributed by atoms with van der Waals surface area (Å²) < 4.78 is 58.6. The maximum Gasteiger partial charge on any atom is 0.409 e. The predicted molar refractivity (Wildman–Crippen MR) is 163 cm³/mol. The van der Waals surface area contributed by atoms with Crippen molar-refractivity contribution >= 4 is 32.4 Å². The molecule has 7 nitrogen and oxygen atoms in total. The lowest BCUT2D eigenvalue weighted by Crippen LogP contribution is -2.48. The fourth-order valence-corrected chi connectivity index (χ4v) is 7.09. The number of rotatable bonds is 8. The van der Waals surface area contributed by atoms with E-state index in [4.69, 9.17) is 16.3 Å². The molecule has 3 aromatic rings. The molecule has 0 unspecified atom stereocenters. The van der Waals surface area contributed by atoms with Crippen LogP contribution in [0.25, 0.3) is 4.91 Å². The van der Waals surface area contributed by atoms with Crippen molar-refractivity contribution in [3.63, 3.8) is 0 Å². The van der Waals surface area contributed by atoms with Crippen LogP contribution < -0.4 is 0 Å². The third-order valence-corrected chi connectivity index (χ3v) is 9.27. The summed E-state index contributed by atoms with van der Waals surface area (Å²) in [7, 11) is -3.76. The Balaban J connectivity index is 1.35. The smallest absolute Gasteiger partial charge is 0.409 e. The van der Waals surface area contributed by atoms with Gasteiger partial charge < -0.3 is 9.64 Å². The van der Waals surface area contributed by atoms with Gasteiger partial charge in [0, 0.05) is 63.2 Å². The number of benzene rings is 3. The van der Waals surface area contributed by atoms with E-state index in [2.05, 4.69) is 34.1 Å². The monoisotopic (exact) mass is 629 g/mol. The summed E-state index contributed by atoms with van der Waals surface area (Å²) in [4.78, 5) is 18.1. The van der Waals surface area contributed by atoms with Crippen LogP contribution in [0.1, 0.15) is 35.2 Å². The van der Waals surface area contributed by atoms with Gasteiger partial charge >= 0.3 is 6.09 Å². The van der Waals surface area contributed by atoms with Gasteiger partial charge in [-0.3, -0.25) is 9.80 Å². The second-order valence-electron chi connectivity index (χ2n) is 10.9. The first-order chi connectivity index (χ1) is 20.5. The Kier molecular flexibility index (Phi) is 9.51. The molecule has 2 aliphatic heterocycles. The number of likely N-dealkylation sites (tertiary alicyclic amines) is 1. The zero-order valence-corrected chi connectivity index (χ0v) is 25.7. The Hall–Kier alpha value is -3.31. The highest BCUT2D eigenvalue weighted by Crippen LogP contribution is 2.39. The summed E-state index contributed by atoms with van der Waals surface area (Å²) in [6, 6.07) is 18.5. The molecule has 0 aromatic heterocycles. The number of sulfone groups is 1. The molecule has 2 heterocycles. The number of ether oxygens (including phenoxy) is 1. The average Bonchev–Trinajstić information content (AvgIpc) is 2.93. The van der Waals surface area contributed by atoms with Gasteiger partial charge in [-0.25, -0.2) is 22.0 Å². The van der Waals surface area contributed by atoms with Crippen molar-refractivity contribution < 1.29 is 26.7 Å². The van der Waals surface area contributed by atoms with Gasteiger partial charge in [0.1, 0.15) is 11.6 Å². The van der Waals surface area contributed by atoms with Crippen LogP contribution in [-0.2, 0) is 21.1 Å². The molecule has 0 bridgehead atoms. The van der Waals surface area contributed by atoms with Crippen molar-refractivity contribution in [1.82, 2.24) is 14.7 Å². The molecule has 2 aliphatic rings. The number of hydrogen-bond donors (Lipinski definition) is 0. The van der Waals surface area contributed by atoms with Crippen molar-refractivity contribution in [2.75, 3.05) is 52.1 Å². The zero-order valence-electron chi connectivity index (χ0n) is 24.1. The molecular formula is C32H34ClF2N3O4S. The van der Waals surface area contributed by atoms with E-state index in [0.717, 1.165) is 60.8 Å². The number of hydrogen-bond acceptors (Lipinski definition) is 6. The van der Waals surface area contributed by atoms with E-state index in [-0.39, 0.29) is 22.6 Å². The summed E-state index contributed by atoms with van der Waals surface area (Å²) in [6.45, 7) is 6.32. The molecule has 228 valence electrons. The second kappa shape index (κ2) is 13.1. The first-order valence-corrected chi connectivity index (χ1v) is 16.4. The van der Waals surface area contributed by atoms with E-state index in [9.17, 15) is 22.0 Å². The number of nitrogens with zero attached hydrogens (tertiary/aromatic N) is 3. The molecule has 1 amide bonds. The van der Waals surface area contributed by atoms with E-state index < -0.39 is 21.5 Å². The minimum absolute atomic E-state index is 0.0186. The minimum Gasteiger partial charge on any atom is -0.450 e. The lowest BCUT2D eigenvalue weighted by Gasteiger charge is -2.42. The average molecular weight is 630 g/mol. The quantitative estimate of drug-likeness (QED) is 0.316. The summed E-state index contributed by atoms with van der Waals surface area (Å²) >= 11 is 6.17. The Labute approximate surface area is 256 Å². The highest BCUT2D eigenvalue weighted by Gasteiger charge is 2.35. The van der Waals surface area contributed by atoms with E-state index in [1.807, 2.05) is 24.3 Å². The highest BCUT2D eigenvalue weighted by atomic mass is 35.5. The SMILES string of the molecule is CCOC(=O)N1CCN(Cc2ccc([C@H](c3ccc(Cl)cc3)N3CC(=C(c4cc(F)cc(F)c4)S(C)(=O)=O)C3)cc2)CC1. The number of carbonyl (C=O) groups excluding carboxylic acids is 1.